The maximum atomic E-state index is 3.80. The molecule has 2 saturated heterocycles. The summed E-state index contributed by atoms with van der Waals surface area (Å²) in [6, 6.07) is 1.42. The maximum Gasteiger partial charge on any atom is 0.0660 e. The zero-order valence-electron chi connectivity index (χ0n) is 10.3. The van der Waals surface area contributed by atoms with Gasteiger partial charge < -0.3 is 4.90 Å². The van der Waals surface area contributed by atoms with Crippen molar-refractivity contribution < 1.29 is 0 Å². The average molecular weight is 228 g/mol. The van der Waals surface area contributed by atoms with Gasteiger partial charge in [-0.25, -0.2) is 0 Å². The Hall–Kier alpha value is 0.270. The Morgan fingerprint density at radius 3 is 2.73 bits per heavy atom. The third kappa shape index (κ3) is 2.69. The Kier molecular flexibility index (Phi) is 3.63. The Morgan fingerprint density at radius 2 is 2.13 bits per heavy atom. The van der Waals surface area contributed by atoms with Crippen molar-refractivity contribution >= 4 is 11.8 Å². The summed E-state index contributed by atoms with van der Waals surface area (Å²) < 4.78 is 0. The first-order chi connectivity index (χ1) is 7.11. The molecule has 3 heteroatoms. The smallest absolute Gasteiger partial charge is 0.0660 e. The van der Waals surface area contributed by atoms with Crippen LogP contribution >= 0.6 is 11.8 Å². The zero-order valence-corrected chi connectivity index (χ0v) is 11.1. The van der Waals surface area contributed by atoms with Gasteiger partial charge in [0.1, 0.15) is 0 Å². The maximum absolute atomic E-state index is 3.80. The predicted octanol–water partition coefficient (Wildman–Crippen LogP) is 2.30. The number of hydrogen-bond donors (Lipinski definition) is 1. The second-order valence-electron chi connectivity index (χ2n) is 5.33. The largest absolute Gasteiger partial charge is 0.301 e. The second-order valence-corrected chi connectivity index (χ2v) is 6.74. The van der Waals surface area contributed by atoms with Crippen molar-refractivity contribution in [3.63, 3.8) is 0 Å². The van der Waals surface area contributed by atoms with E-state index in [1.807, 2.05) is 0 Å². The zero-order chi connectivity index (χ0) is 10.9. The van der Waals surface area contributed by atoms with Gasteiger partial charge in [-0.15, -0.1) is 11.8 Å². The van der Waals surface area contributed by atoms with E-state index in [4.69, 9.17) is 0 Å². The van der Waals surface area contributed by atoms with Gasteiger partial charge in [0.2, 0.25) is 0 Å². The molecule has 88 valence electrons. The number of nitrogens with one attached hydrogen (secondary N) is 1. The summed E-state index contributed by atoms with van der Waals surface area (Å²) in [6.45, 7) is 9.50. The average Bonchev–Trinajstić information content (AvgIpc) is 2.43. The molecule has 0 amide bonds. The SMILES string of the molecule is CC1CSC2(CCCN(C(C)C)CC2)N1. The molecule has 0 aromatic rings. The van der Waals surface area contributed by atoms with Gasteiger partial charge in [0.15, 0.2) is 0 Å². The van der Waals surface area contributed by atoms with Gasteiger partial charge in [-0.05, 0) is 46.6 Å². The summed E-state index contributed by atoms with van der Waals surface area (Å²) in [7, 11) is 0. The molecule has 2 unspecified atom stereocenters. The first kappa shape index (κ1) is 11.7. The molecule has 0 saturated carbocycles. The molecule has 2 aliphatic heterocycles. The lowest BCUT2D eigenvalue weighted by atomic mass is 10.1. The molecule has 0 aromatic carbocycles. The third-order valence-electron chi connectivity index (χ3n) is 3.68. The minimum absolute atomic E-state index is 0.420. The van der Waals surface area contributed by atoms with Crippen molar-refractivity contribution in [3.8, 4) is 0 Å². The highest BCUT2D eigenvalue weighted by Gasteiger charge is 2.38. The molecule has 2 nitrogen and oxygen atoms in total. The van der Waals surface area contributed by atoms with E-state index in [0.29, 0.717) is 17.0 Å². The number of likely N-dealkylation sites (tertiary alicyclic amines) is 1. The number of thioether (sulfide) groups is 1. The second kappa shape index (κ2) is 4.64. The van der Waals surface area contributed by atoms with Crippen LogP contribution in [0.15, 0.2) is 0 Å². The molecule has 2 atom stereocenters. The van der Waals surface area contributed by atoms with E-state index in [0.717, 1.165) is 0 Å². The van der Waals surface area contributed by atoms with Crippen LogP contribution in [0, 0.1) is 0 Å². The lowest BCUT2D eigenvalue weighted by Crippen LogP contribution is -2.41. The molecule has 0 aromatic heterocycles. The van der Waals surface area contributed by atoms with Crippen LogP contribution in [0.2, 0.25) is 0 Å². The molecule has 2 rings (SSSR count). The molecule has 0 aliphatic carbocycles. The summed E-state index contributed by atoms with van der Waals surface area (Å²) in [5.41, 5.74) is 0. The molecule has 15 heavy (non-hydrogen) atoms. The first-order valence-electron chi connectivity index (χ1n) is 6.27. The minimum Gasteiger partial charge on any atom is -0.301 e. The quantitative estimate of drug-likeness (QED) is 0.741. The Labute approximate surface area is 98.2 Å². The summed E-state index contributed by atoms with van der Waals surface area (Å²) in [6.07, 6.45) is 4.02. The predicted molar refractivity (Wildman–Crippen MR) is 68.3 cm³/mol. The van der Waals surface area contributed by atoms with E-state index in [9.17, 15) is 0 Å². The minimum atomic E-state index is 0.420. The van der Waals surface area contributed by atoms with Crippen molar-refractivity contribution in [1.82, 2.24) is 10.2 Å². The van der Waals surface area contributed by atoms with Crippen molar-refractivity contribution in [2.24, 2.45) is 0 Å². The van der Waals surface area contributed by atoms with Crippen LogP contribution in [-0.4, -0.2) is 40.7 Å². The van der Waals surface area contributed by atoms with Crippen LogP contribution in [0.25, 0.3) is 0 Å². The lowest BCUT2D eigenvalue weighted by Gasteiger charge is -2.29. The van der Waals surface area contributed by atoms with Gasteiger partial charge in [0.25, 0.3) is 0 Å². The monoisotopic (exact) mass is 228 g/mol. The fraction of sp³-hybridized carbons (Fsp3) is 1.00. The third-order valence-corrected chi connectivity index (χ3v) is 5.42. The van der Waals surface area contributed by atoms with E-state index in [2.05, 4.69) is 42.7 Å². The molecular formula is C12H24N2S. The summed E-state index contributed by atoms with van der Waals surface area (Å²) in [4.78, 5) is 3.04. The van der Waals surface area contributed by atoms with Gasteiger partial charge in [-0.1, -0.05) is 0 Å². The molecule has 1 N–H and O–H groups in total. The summed E-state index contributed by atoms with van der Waals surface area (Å²) >= 11 is 2.16. The van der Waals surface area contributed by atoms with Crippen LogP contribution in [-0.2, 0) is 0 Å². The number of hydrogen-bond acceptors (Lipinski definition) is 3. The van der Waals surface area contributed by atoms with Crippen molar-refractivity contribution in [2.45, 2.75) is 57.0 Å². The van der Waals surface area contributed by atoms with Crippen molar-refractivity contribution in [2.75, 3.05) is 18.8 Å². The molecule has 1 spiro atoms. The summed E-state index contributed by atoms with van der Waals surface area (Å²) in [5.74, 6) is 1.29. The molecular weight excluding hydrogens is 204 g/mol. The van der Waals surface area contributed by atoms with E-state index in [-0.39, 0.29) is 0 Å². The van der Waals surface area contributed by atoms with Gasteiger partial charge in [0.05, 0.1) is 4.87 Å². The highest BCUT2D eigenvalue weighted by atomic mass is 32.2. The van der Waals surface area contributed by atoms with Crippen LogP contribution in [0.4, 0.5) is 0 Å². The highest BCUT2D eigenvalue weighted by molar-refractivity contribution is 8.00. The van der Waals surface area contributed by atoms with E-state index >= 15 is 0 Å². The topological polar surface area (TPSA) is 15.3 Å². The van der Waals surface area contributed by atoms with Gasteiger partial charge in [-0.2, -0.15) is 0 Å². The van der Waals surface area contributed by atoms with Crippen LogP contribution in [0.1, 0.15) is 40.0 Å². The van der Waals surface area contributed by atoms with Gasteiger partial charge >= 0.3 is 0 Å². The Bertz CT molecular complexity index is 220. The molecule has 2 fully saturated rings. The van der Waals surface area contributed by atoms with Gasteiger partial charge in [0, 0.05) is 24.4 Å². The van der Waals surface area contributed by atoms with E-state index < -0.39 is 0 Å². The first-order valence-corrected chi connectivity index (χ1v) is 7.26. The van der Waals surface area contributed by atoms with Crippen LogP contribution in [0.5, 0.6) is 0 Å². The molecule has 0 bridgehead atoms. The molecule has 0 radical (unpaired) electrons. The summed E-state index contributed by atoms with van der Waals surface area (Å²) in [5, 5.41) is 3.80. The van der Waals surface area contributed by atoms with Crippen molar-refractivity contribution in [1.29, 1.82) is 0 Å². The standard InChI is InChI=1S/C12H24N2S/c1-10(2)14-7-4-5-12(6-8-14)13-11(3)9-15-12/h10-11,13H,4-9H2,1-3H3. The highest BCUT2D eigenvalue weighted by Crippen LogP contribution is 2.39. The molecule has 2 aliphatic rings. The number of rotatable bonds is 1. The van der Waals surface area contributed by atoms with E-state index in [1.54, 1.807) is 0 Å². The van der Waals surface area contributed by atoms with Crippen LogP contribution in [0.3, 0.4) is 0 Å². The number of nitrogens with zero attached hydrogens (tertiary/aromatic N) is 1. The normalized spacial score (nSPS) is 38.8. The lowest BCUT2D eigenvalue weighted by molar-refractivity contribution is 0.227. The van der Waals surface area contributed by atoms with E-state index in [1.165, 1.54) is 38.1 Å². The van der Waals surface area contributed by atoms with Crippen LogP contribution < -0.4 is 5.32 Å². The van der Waals surface area contributed by atoms with Crippen molar-refractivity contribution in [3.05, 3.63) is 0 Å². The Balaban J connectivity index is 1.95. The fourth-order valence-corrected chi connectivity index (χ4v) is 4.21. The van der Waals surface area contributed by atoms with Gasteiger partial charge in [-0.3, -0.25) is 5.32 Å². The molecule has 2 heterocycles. The fourth-order valence-electron chi connectivity index (χ4n) is 2.75. The Morgan fingerprint density at radius 1 is 1.33 bits per heavy atom.